The van der Waals surface area contributed by atoms with Crippen LogP contribution in [-0.4, -0.2) is 27.0 Å². The number of sulfone groups is 1. The van der Waals surface area contributed by atoms with Crippen molar-refractivity contribution in [2.45, 2.75) is 25.8 Å². The Labute approximate surface area is 107 Å². The number of furan rings is 1. The van der Waals surface area contributed by atoms with Gasteiger partial charge in [0.25, 0.3) is 0 Å². The van der Waals surface area contributed by atoms with Gasteiger partial charge in [-0.1, -0.05) is 6.92 Å². The molecular formula is C11H18ClNO3S. The highest BCUT2D eigenvalue weighted by Crippen LogP contribution is 2.26. The average Bonchev–Trinajstić information content (AvgIpc) is 2.71. The van der Waals surface area contributed by atoms with E-state index < -0.39 is 9.84 Å². The van der Waals surface area contributed by atoms with Crippen molar-refractivity contribution >= 4 is 21.4 Å². The first kappa shape index (κ1) is 14.5. The zero-order valence-electron chi connectivity index (χ0n) is 10.1. The van der Waals surface area contributed by atoms with Crippen LogP contribution >= 0.6 is 11.6 Å². The first-order valence-electron chi connectivity index (χ1n) is 5.60. The highest BCUT2D eigenvalue weighted by Gasteiger charge is 2.16. The smallest absolute Gasteiger partial charge is 0.197 e. The maximum Gasteiger partial charge on any atom is 0.197 e. The van der Waals surface area contributed by atoms with Crippen molar-refractivity contribution in [3.63, 3.8) is 0 Å². The Morgan fingerprint density at radius 2 is 2.24 bits per heavy atom. The summed E-state index contributed by atoms with van der Waals surface area (Å²) in [7, 11) is -1.06. The van der Waals surface area contributed by atoms with Crippen LogP contribution in [0.1, 0.15) is 31.4 Å². The Bertz CT molecular complexity index is 441. The highest BCUT2D eigenvalue weighted by atomic mass is 35.5. The van der Waals surface area contributed by atoms with Gasteiger partial charge < -0.3 is 9.73 Å². The Balaban J connectivity index is 2.52. The molecule has 0 fully saturated rings. The Morgan fingerprint density at radius 3 is 2.71 bits per heavy atom. The topological polar surface area (TPSA) is 59.3 Å². The Kier molecular flexibility index (Phi) is 5.49. The molecule has 0 saturated carbocycles. The van der Waals surface area contributed by atoms with Crippen molar-refractivity contribution < 1.29 is 12.8 Å². The second kappa shape index (κ2) is 6.42. The summed E-state index contributed by atoms with van der Waals surface area (Å²) >= 11 is 5.88. The number of nitrogens with one attached hydrogen (secondary N) is 1. The summed E-state index contributed by atoms with van der Waals surface area (Å²) in [6.45, 7) is 1.66. The number of rotatable bonds is 7. The van der Waals surface area contributed by atoms with Gasteiger partial charge in [0.05, 0.1) is 12.0 Å². The van der Waals surface area contributed by atoms with Crippen LogP contribution in [0.2, 0.25) is 5.22 Å². The number of halogens is 1. The van der Waals surface area contributed by atoms with Crippen molar-refractivity contribution in [3.05, 3.63) is 23.1 Å². The molecule has 0 aromatic carbocycles. The van der Waals surface area contributed by atoms with Crippen LogP contribution in [0.5, 0.6) is 0 Å². The second-order valence-electron chi connectivity index (χ2n) is 3.87. The van der Waals surface area contributed by atoms with E-state index in [-0.39, 0.29) is 17.5 Å². The predicted molar refractivity (Wildman–Crippen MR) is 69.1 cm³/mol. The lowest BCUT2D eigenvalue weighted by molar-refractivity contribution is 0.518. The maximum absolute atomic E-state index is 11.4. The first-order chi connectivity index (χ1) is 8.00. The molecule has 0 aliphatic rings. The summed E-state index contributed by atoms with van der Waals surface area (Å²) < 4.78 is 27.7. The molecule has 1 aromatic heterocycles. The van der Waals surface area contributed by atoms with Crippen LogP contribution < -0.4 is 5.32 Å². The molecule has 1 heterocycles. The Hall–Kier alpha value is -0.520. The molecule has 0 amide bonds. The molecule has 1 aromatic rings. The molecule has 1 N–H and O–H groups in total. The first-order valence-corrected chi connectivity index (χ1v) is 7.80. The third kappa shape index (κ3) is 4.33. The van der Waals surface area contributed by atoms with Gasteiger partial charge in [0.1, 0.15) is 9.84 Å². The van der Waals surface area contributed by atoms with Crippen molar-refractivity contribution in [1.29, 1.82) is 0 Å². The molecule has 1 rings (SSSR count). The maximum atomic E-state index is 11.4. The molecule has 0 spiro atoms. The summed E-state index contributed by atoms with van der Waals surface area (Å²) in [4.78, 5) is 0. The lowest BCUT2D eigenvalue weighted by atomic mass is 10.1. The molecule has 0 radical (unpaired) electrons. The minimum absolute atomic E-state index is 0.0355. The normalized spacial score (nSPS) is 13.8. The van der Waals surface area contributed by atoms with Gasteiger partial charge in [-0.15, -0.1) is 0 Å². The lowest BCUT2D eigenvalue weighted by Crippen LogP contribution is -2.18. The van der Waals surface area contributed by atoms with E-state index in [1.54, 1.807) is 13.0 Å². The van der Waals surface area contributed by atoms with E-state index in [0.29, 0.717) is 11.6 Å². The van der Waals surface area contributed by atoms with Crippen molar-refractivity contribution in [2.75, 3.05) is 18.6 Å². The predicted octanol–water partition coefficient (Wildman–Crippen LogP) is 2.41. The van der Waals surface area contributed by atoms with Crippen molar-refractivity contribution in [1.82, 2.24) is 5.32 Å². The van der Waals surface area contributed by atoms with E-state index in [2.05, 4.69) is 5.32 Å². The van der Waals surface area contributed by atoms with E-state index in [9.17, 15) is 8.42 Å². The summed E-state index contributed by atoms with van der Waals surface area (Å²) in [5.74, 6) is 0.417. The molecule has 0 aliphatic heterocycles. The van der Waals surface area contributed by atoms with Crippen LogP contribution in [-0.2, 0) is 9.84 Å². The van der Waals surface area contributed by atoms with Gasteiger partial charge in [-0.3, -0.25) is 0 Å². The Morgan fingerprint density at radius 1 is 1.53 bits per heavy atom. The van der Waals surface area contributed by atoms with Gasteiger partial charge in [-0.05, 0) is 37.6 Å². The zero-order valence-corrected chi connectivity index (χ0v) is 11.6. The van der Waals surface area contributed by atoms with Gasteiger partial charge in [-0.2, -0.15) is 0 Å². The second-order valence-corrected chi connectivity index (χ2v) is 6.69. The number of hydrogen-bond donors (Lipinski definition) is 1. The summed E-state index contributed by atoms with van der Waals surface area (Å²) in [5.41, 5.74) is 0.878. The van der Waals surface area contributed by atoms with Crippen LogP contribution in [0, 0.1) is 0 Å². The zero-order chi connectivity index (χ0) is 12.9. The summed E-state index contributed by atoms with van der Waals surface area (Å²) in [5, 5.41) is 3.47. The fourth-order valence-electron chi connectivity index (χ4n) is 1.66. The summed E-state index contributed by atoms with van der Waals surface area (Å²) in [6, 6.07) is 1.84. The molecule has 1 atom stereocenters. The van der Waals surface area contributed by atoms with Crippen LogP contribution in [0.4, 0.5) is 0 Å². The third-order valence-electron chi connectivity index (χ3n) is 2.76. The lowest BCUT2D eigenvalue weighted by Gasteiger charge is -2.14. The van der Waals surface area contributed by atoms with E-state index in [0.717, 1.165) is 12.0 Å². The van der Waals surface area contributed by atoms with Crippen LogP contribution in [0.3, 0.4) is 0 Å². The average molecular weight is 280 g/mol. The quantitative estimate of drug-likeness (QED) is 0.833. The van der Waals surface area contributed by atoms with E-state index in [4.69, 9.17) is 16.0 Å². The van der Waals surface area contributed by atoms with Crippen LogP contribution in [0.25, 0.3) is 0 Å². The largest absolute Gasteiger partial charge is 0.453 e. The van der Waals surface area contributed by atoms with Crippen molar-refractivity contribution in [2.24, 2.45) is 0 Å². The van der Waals surface area contributed by atoms with Crippen LogP contribution in [0.15, 0.2) is 16.7 Å². The molecule has 0 saturated heterocycles. The number of hydrogen-bond acceptors (Lipinski definition) is 4. The highest BCUT2D eigenvalue weighted by molar-refractivity contribution is 7.91. The standard InChI is InChI=1S/C11H18ClNO3S/c1-3-17(14,15)8-4-5-10(13-2)9-6-7-16-11(9)12/h6-7,10,13H,3-5,8H2,1-2H3. The van der Waals surface area contributed by atoms with Crippen molar-refractivity contribution in [3.8, 4) is 0 Å². The SMILES string of the molecule is CCS(=O)(=O)CCCC(NC)c1ccoc1Cl. The van der Waals surface area contributed by atoms with Gasteiger partial charge in [0.15, 0.2) is 5.22 Å². The molecule has 4 nitrogen and oxygen atoms in total. The van der Waals surface area contributed by atoms with E-state index >= 15 is 0 Å². The van der Waals surface area contributed by atoms with E-state index in [1.807, 2.05) is 7.05 Å². The molecule has 98 valence electrons. The van der Waals surface area contributed by atoms with Gasteiger partial charge in [0, 0.05) is 17.4 Å². The van der Waals surface area contributed by atoms with Gasteiger partial charge in [-0.25, -0.2) is 8.42 Å². The summed E-state index contributed by atoms with van der Waals surface area (Å²) in [6.07, 6.45) is 2.86. The molecule has 0 bridgehead atoms. The molecule has 0 aliphatic carbocycles. The minimum Gasteiger partial charge on any atom is -0.453 e. The molecule has 6 heteroatoms. The monoisotopic (exact) mass is 279 g/mol. The fourth-order valence-corrected chi connectivity index (χ4v) is 2.80. The van der Waals surface area contributed by atoms with Gasteiger partial charge in [0.2, 0.25) is 0 Å². The fraction of sp³-hybridized carbons (Fsp3) is 0.636. The molecule has 1 unspecified atom stereocenters. The van der Waals surface area contributed by atoms with E-state index in [1.165, 1.54) is 6.26 Å². The molecular weight excluding hydrogens is 262 g/mol. The molecule has 17 heavy (non-hydrogen) atoms. The van der Waals surface area contributed by atoms with Gasteiger partial charge >= 0.3 is 0 Å². The third-order valence-corrected chi connectivity index (χ3v) is 4.86. The minimum atomic E-state index is -2.89.